The first-order valence-electron chi connectivity index (χ1n) is 8.80. The van der Waals surface area contributed by atoms with Crippen LogP contribution in [0.1, 0.15) is 17.5 Å². The molecule has 2 N–H and O–H groups in total. The van der Waals surface area contributed by atoms with Gasteiger partial charge in [0.05, 0.1) is 12.1 Å². The van der Waals surface area contributed by atoms with Crippen LogP contribution in [0.2, 0.25) is 5.02 Å². The van der Waals surface area contributed by atoms with Gasteiger partial charge in [0.1, 0.15) is 17.8 Å². The van der Waals surface area contributed by atoms with Crippen molar-refractivity contribution in [3.63, 3.8) is 0 Å². The molecule has 4 amide bonds. The van der Waals surface area contributed by atoms with E-state index >= 15 is 0 Å². The third kappa shape index (κ3) is 2.88. The minimum absolute atomic E-state index is 0.344. The van der Waals surface area contributed by atoms with Crippen LogP contribution in [0.4, 0.5) is 10.5 Å². The van der Waals surface area contributed by atoms with Gasteiger partial charge in [-0.2, -0.15) is 0 Å². The number of carbonyl (C=O) groups is 3. The number of nitrogens with one attached hydrogen (secondary N) is 2. The zero-order chi connectivity index (χ0) is 19.9. The van der Waals surface area contributed by atoms with Crippen LogP contribution >= 0.6 is 11.6 Å². The molecule has 1 aliphatic heterocycles. The molecule has 1 heterocycles. The summed E-state index contributed by atoms with van der Waals surface area (Å²) in [5, 5.41) is 5.79. The van der Waals surface area contributed by atoms with E-state index in [4.69, 9.17) is 16.3 Å². The number of hydrogen-bond donors (Lipinski definition) is 2. The summed E-state index contributed by atoms with van der Waals surface area (Å²) in [5.41, 5.74) is 1.22. The topological polar surface area (TPSA) is 87.7 Å². The van der Waals surface area contributed by atoms with Crippen LogP contribution < -0.4 is 15.4 Å². The van der Waals surface area contributed by atoms with Gasteiger partial charge in [0.15, 0.2) is 0 Å². The second kappa shape index (κ2) is 6.83. The maximum Gasteiger partial charge on any atom is 0.325 e. The van der Waals surface area contributed by atoms with E-state index < -0.39 is 23.4 Å². The minimum Gasteiger partial charge on any atom is -0.495 e. The number of halogens is 1. The van der Waals surface area contributed by atoms with Gasteiger partial charge in [0.2, 0.25) is 5.91 Å². The molecule has 1 atom stereocenters. The summed E-state index contributed by atoms with van der Waals surface area (Å²) < 4.78 is 5.07. The quantitative estimate of drug-likeness (QED) is 0.774. The Morgan fingerprint density at radius 1 is 1.29 bits per heavy atom. The van der Waals surface area contributed by atoms with Crippen molar-refractivity contribution in [1.82, 2.24) is 10.2 Å². The van der Waals surface area contributed by atoms with Crippen LogP contribution in [0.25, 0.3) is 0 Å². The van der Waals surface area contributed by atoms with E-state index in [0.717, 1.165) is 16.0 Å². The van der Waals surface area contributed by atoms with Gasteiger partial charge in [-0.25, -0.2) is 4.79 Å². The lowest BCUT2D eigenvalue weighted by Gasteiger charge is -2.22. The van der Waals surface area contributed by atoms with Crippen LogP contribution in [-0.4, -0.2) is 36.4 Å². The number of ether oxygens (including phenoxy) is 1. The van der Waals surface area contributed by atoms with Crippen LogP contribution in [0, 0.1) is 0 Å². The first-order chi connectivity index (χ1) is 13.4. The number of nitrogens with zero attached hydrogens (tertiary/aromatic N) is 1. The Hall–Kier alpha value is -3.06. The molecule has 1 saturated heterocycles. The fourth-order valence-electron chi connectivity index (χ4n) is 3.82. The van der Waals surface area contributed by atoms with Crippen molar-refractivity contribution in [3.05, 3.63) is 58.6 Å². The van der Waals surface area contributed by atoms with E-state index in [2.05, 4.69) is 10.6 Å². The SMILES string of the molecule is COc1ccc(NC(=O)CN2C(=O)N[C@@]3(CCc4ccccc43)C2=O)cc1Cl. The van der Waals surface area contributed by atoms with Crippen LogP contribution in [0.5, 0.6) is 5.75 Å². The predicted octanol–water partition coefficient (Wildman–Crippen LogP) is 2.68. The molecule has 1 aliphatic carbocycles. The van der Waals surface area contributed by atoms with Crippen molar-refractivity contribution in [2.75, 3.05) is 19.0 Å². The Balaban J connectivity index is 1.50. The van der Waals surface area contributed by atoms with Crippen molar-refractivity contribution in [1.29, 1.82) is 0 Å². The zero-order valence-electron chi connectivity index (χ0n) is 15.1. The highest BCUT2D eigenvalue weighted by atomic mass is 35.5. The summed E-state index contributed by atoms with van der Waals surface area (Å²) in [6.07, 6.45) is 1.19. The van der Waals surface area contributed by atoms with Gasteiger partial charge in [0, 0.05) is 5.69 Å². The number of fused-ring (bicyclic) bond motifs is 2. The summed E-state index contributed by atoms with van der Waals surface area (Å²) in [6, 6.07) is 11.8. The third-order valence-corrected chi connectivity index (χ3v) is 5.45. The molecule has 8 heteroatoms. The Kier molecular flexibility index (Phi) is 4.47. The number of benzene rings is 2. The van der Waals surface area contributed by atoms with E-state index in [1.54, 1.807) is 18.2 Å². The number of aryl methyl sites for hydroxylation is 1. The molecular formula is C20H18ClN3O4. The first kappa shape index (κ1) is 18.3. The molecule has 0 radical (unpaired) electrons. The Labute approximate surface area is 166 Å². The number of hydrogen-bond acceptors (Lipinski definition) is 4. The second-order valence-electron chi connectivity index (χ2n) is 6.78. The molecule has 7 nitrogen and oxygen atoms in total. The lowest BCUT2D eigenvalue weighted by atomic mass is 9.92. The summed E-state index contributed by atoms with van der Waals surface area (Å²) >= 11 is 6.05. The zero-order valence-corrected chi connectivity index (χ0v) is 15.9. The van der Waals surface area contributed by atoms with Crippen LogP contribution in [0.3, 0.4) is 0 Å². The van der Waals surface area contributed by atoms with E-state index in [9.17, 15) is 14.4 Å². The van der Waals surface area contributed by atoms with Gasteiger partial charge in [-0.3, -0.25) is 14.5 Å². The fourth-order valence-corrected chi connectivity index (χ4v) is 4.08. The average molecular weight is 400 g/mol. The van der Waals surface area contributed by atoms with Gasteiger partial charge >= 0.3 is 6.03 Å². The van der Waals surface area contributed by atoms with E-state index in [0.29, 0.717) is 29.3 Å². The van der Waals surface area contributed by atoms with E-state index in [1.807, 2.05) is 24.3 Å². The molecule has 2 aromatic carbocycles. The largest absolute Gasteiger partial charge is 0.495 e. The minimum atomic E-state index is -1.07. The molecule has 2 aliphatic rings. The van der Waals surface area contributed by atoms with E-state index in [1.165, 1.54) is 7.11 Å². The normalized spacial score (nSPS) is 20.3. The number of amides is 4. The van der Waals surface area contributed by atoms with Crippen molar-refractivity contribution >= 4 is 35.1 Å². The second-order valence-corrected chi connectivity index (χ2v) is 7.19. The summed E-state index contributed by atoms with van der Waals surface area (Å²) in [6.45, 7) is -0.377. The molecule has 0 unspecified atom stereocenters. The van der Waals surface area contributed by atoms with Crippen molar-refractivity contribution in [2.24, 2.45) is 0 Å². The third-order valence-electron chi connectivity index (χ3n) is 5.16. The smallest absolute Gasteiger partial charge is 0.325 e. The Morgan fingerprint density at radius 2 is 2.07 bits per heavy atom. The van der Waals surface area contributed by atoms with Gasteiger partial charge in [-0.1, -0.05) is 35.9 Å². The standard InChI is InChI=1S/C20H18ClN3O4/c1-28-16-7-6-13(10-15(16)21)22-17(25)11-24-18(26)20(23-19(24)27)9-8-12-4-2-3-5-14(12)20/h2-7,10H,8-9,11H2,1H3,(H,22,25)(H,23,27)/t20-/m1/s1. The molecule has 4 rings (SSSR count). The maximum atomic E-state index is 13.1. The monoisotopic (exact) mass is 399 g/mol. The Morgan fingerprint density at radius 3 is 2.82 bits per heavy atom. The number of urea groups is 1. The lowest BCUT2D eigenvalue weighted by molar-refractivity contribution is -0.134. The molecule has 0 bridgehead atoms. The van der Waals surface area contributed by atoms with Gasteiger partial charge in [0.25, 0.3) is 5.91 Å². The number of rotatable bonds is 4. The summed E-state index contributed by atoms with van der Waals surface area (Å²) in [5.74, 6) is -0.408. The summed E-state index contributed by atoms with van der Waals surface area (Å²) in [7, 11) is 1.49. The molecular weight excluding hydrogens is 382 g/mol. The Bertz CT molecular complexity index is 993. The average Bonchev–Trinajstić information content (AvgIpc) is 3.16. The molecule has 2 aromatic rings. The van der Waals surface area contributed by atoms with Crippen molar-refractivity contribution in [3.8, 4) is 5.75 Å². The maximum absolute atomic E-state index is 13.1. The molecule has 1 fully saturated rings. The number of imide groups is 1. The predicted molar refractivity (Wildman–Crippen MR) is 103 cm³/mol. The number of anilines is 1. The van der Waals surface area contributed by atoms with Crippen molar-refractivity contribution in [2.45, 2.75) is 18.4 Å². The van der Waals surface area contributed by atoms with Crippen LogP contribution in [0.15, 0.2) is 42.5 Å². The molecule has 0 saturated carbocycles. The summed E-state index contributed by atoms with van der Waals surface area (Å²) in [4.78, 5) is 38.9. The highest BCUT2D eigenvalue weighted by molar-refractivity contribution is 6.32. The molecule has 0 aromatic heterocycles. The lowest BCUT2D eigenvalue weighted by Crippen LogP contribution is -2.42. The highest BCUT2D eigenvalue weighted by Crippen LogP contribution is 2.41. The number of methoxy groups -OCH3 is 1. The van der Waals surface area contributed by atoms with Gasteiger partial charge < -0.3 is 15.4 Å². The molecule has 28 heavy (non-hydrogen) atoms. The molecule has 144 valence electrons. The number of carbonyl (C=O) groups excluding carboxylic acids is 3. The highest BCUT2D eigenvalue weighted by Gasteiger charge is 2.55. The van der Waals surface area contributed by atoms with E-state index in [-0.39, 0.29) is 6.54 Å². The van der Waals surface area contributed by atoms with Gasteiger partial charge in [-0.05, 0) is 42.2 Å². The van der Waals surface area contributed by atoms with Gasteiger partial charge in [-0.15, -0.1) is 0 Å². The van der Waals surface area contributed by atoms with Crippen LogP contribution in [-0.2, 0) is 21.5 Å². The fraction of sp³-hybridized carbons (Fsp3) is 0.250. The first-order valence-corrected chi connectivity index (χ1v) is 9.18. The molecule has 1 spiro atoms. The van der Waals surface area contributed by atoms with Crippen molar-refractivity contribution < 1.29 is 19.1 Å².